The molecule has 0 heterocycles. The van der Waals surface area contributed by atoms with Crippen molar-refractivity contribution in [3.8, 4) is 5.75 Å². The molecule has 6 nitrogen and oxygen atoms in total. The van der Waals surface area contributed by atoms with Crippen molar-refractivity contribution in [2.24, 2.45) is 0 Å². The highest BCUT2D eigenvalue weighted by molar-refractivity contribution is 7.91. The molecule has 1 aromatic carbocycles. The zero-order valence-corrected chi connectivity index (χ0v) is 13.1. The molecule has 0 atom stereocenters. The fourth-order valence-electron chi connectivity index (χ4n) is 1.53. The van der Waals surface area contributed by atoms with Crippen molar-refractivity contribution in [1.29, 1.82) is 0 Å². The highest BCUT2D eigenvalue weighted by Crippen LogP contribution is 2.13. The summed E-state index contributed by atoms with van der Waals surface area (Å²) >= 11 is 0. The number of sulfone groups is 1. The van der Waals surface area contributed by atoms with E-state index in [0.29, 0.717) is 12.2 Å². The van der Waals surface area contributed by atoms with Crippen LogP contribution in [0.5, 0.6) is 5.75 Å². The second-order valence-electron chi connectivity index (χ2n) is 4.44. The van der Waals surface area contributed by atoms with Gasteiger partial charge in [0.25, 0.3) is 0 Å². The molecule has 0 fully saturated rings. The summed E-state index contributed by atoms with van der Waals surface area (Å²) in [6.45, 7) is -0.0979. The summed E-state index contributed by atoms with van der Waals surface area (Å²) in [7, 11) is -5.10. The molecule has 0 aliphatic carbocycles. The maximum atomic E-state index is 11.7. The van der Waals surface area contributed by atoms with Crippen molar-refractivity contribution < 1.29 is 21.6 Å². The molecule has 0 aliphatic heterocycles. The van der Waals surface area contributed by atoms with E-state index in [1.165, 1.54) is 0 Å². The van der Waals surface area contributed by atoms with Crippen molar-refractivity contribution >= 4 is 19.9 Å². The van der Waals surface area contributed by atoms with E-state index < -0.39 is 19.9 Å². The van der Waals surface area contributed by atoms with E-state index in [1.54, 1.807) is 25.3 Å². The van der Waals surface area contributed by atoms with Gasteiger partial charge >= 0.3 is 0 Å². The highest BCUT2D eigenvalue weighted by atomic mass is 32.2. The smallest absolute Gasteiger partial charge is 0.211 e. The first kappa shape index (κ1) is 16.9. The number of rotatable bonds is 8. The minimum atomic E-state index is -3.48. The van der Waals surface area contributed by atoms with E-state index in [9.17, 15) is 16.8 Å². The first-order valence-corrected chi connectivity index (χ1v) is 9.71. The molecule has 0 bridgehead atoms. The summed E-state index contributed by atoms with van der Waals surface area (Å²) in [5.41, 5.74) is 0.845. The van der Waals surface area contributed by atoms with Crippen LogP contribution >= 0.6 is 0 Å². The Kier molecular flexibility index (Phi) is 5.97. The van der Waals surface area contributed by atoms with E-state index >= 15 is 0 Å². The third-order valence-corrected chi connectivity index (χ3v) is 4.92. The molecule has 20 heavy (non-hydrogen) atoms. The van der Waals surface area contributed by atoms with Crippen LogP contribution in [-0.4, -0.2) is 48.3 Å². The summed E-state index contributed by atoms with van der Waals surface area (Å²) in [5.74, 6) is 0.375. The lowest BCUT2D eigenvalue weighted by molar-refractivity contribution is 0.414. The second kappa shape index (κ2) is 7.05. The van der Waals surface area contributed by atoms with Crippen LogP contribution in [-0.2, 0) is 26.3 Å². The SMILES string of the molecule is COc1cccc(CCS(=O)(=O)NCCS(C)(=O)=O)c1. The Hall–Kier alpha value is -1.12. The normalized spacial score (nSPS) is 12.3. The molecule has 0 amide bonds. The minimum absolute atomic E-state index is 0.0933. The van der Waals surface area contributed by atoms with Crippen molar-refractivity contribution in [2.75, 3.05) is 31.4 Å². The lowest BCUT2D eigenvalue weighted by Crippen LogP contribution is -2.31. The van der Waals surface area contributed by atoms with Crippen LogP contribution in [0.2, 0.25) is 0 Å². The number of hydrogen-bond donors (Lipinski definition) is 1. The molecule has 8 heteroatoms. The third kappa shape index (κ3) is 6.88. The molecule has 114 valence electrons. The zero-order valence-electron chi connectivity index (χ0n) is 11.5. The Labute approximate surface area is 120 Å². The number of ether oxygens (including phenoxy) is 1. The molecular formula is C12H19NO5S2. The van der Waals surface area contributed by atoms with Gasteiger partial charge in [0.1, 0.15) is 15.6 Å². The summed E-state index contributed by atoms with van der Waals surface area (Å²) < 4.78 is 52.6. The topological polar surface area (TPSA) is 89.5 Å². The molecule has 1 rings (SSSR count). The monoisotopic (exact) mass is 321 g/mol. The number of hydrogen-bond acceptors (Lipinski definition) is 5. The summed E-state index contributed by atoms with van der Waals surface area (Å²) in [4.78, 5) is 0. The summed E-state index contributed by atoms with van der Waals surface area (Å²) in [6, 6.07) is 7.15. The molecule has 0 aromatic heterocycles. The van der Waals surface area contributed by atoms with Gasteiger partial charge in [-0.25, -0.2) is 21.6 Å². The molecule has 0 radical (unpaired) electrons. The van der Waals surface area contributed by atoms with Crippen LogP contribution in [0.3, 0.4) is 0 Å². The lowest BCUT2D eigenvalue weighted by Gasteiger charge is -2.07. The predicted octanol–water partition coefficient (Wildman–Crippen LogP) is 0.202. The molecular weight excluding hydrogens is 302 g/mol. The van der Waals surface area contributed by atoms with Gasteiger partial charge in [-0.2, -0.15) is 0 Å². The van der Waals surface area contributed by atoms with E-state index in [4.69, 9.17) is 4.74 Å². The van der Waals surface area contributed by atoms with Gasteiger partial charge in [0.15, 0.2) is 0 Å². The number of methoxy groups -OCH3 is 1. The number of benzene rings is 1. The van der Waals surface area contributed by atoms with Gasteiger partial charge in [0.05, 0.1) is 18.6 Å². The number of sulfonamides is 1. The molecule has 0 aliphatic rings. The van der Waals surface area contributed by atoms with Crippen LogP contribution in [0.25, 0.3) is 0 Å². The average Bonchev–Trinajstić information content (AvgIpc) is 2.35. The largest absolute Gasteiger partial charge is 0.497 e. The Morgan fingerprint density at radius 3 is 2.45 bits per heavy atom. The van der Waals surface area contributed by atoms with Gasteiger partial charge in [0.2, 0.25) is 10.0 Å². The Balaban J connectivity index is 2.50. The average molecular weight is 321 g/mol. The molecule has 0 spiro atoms. The van der Waals surface area contributed by atoms with Crippen molar-refractivity contribution in [3.05, 3.63) is 29.8 Å². The summed E-state index contributed by atoms with van der Waals surface area (Å²) in [5, 5.41) is 0. The molecule has 0 saturated carbocycles. The molecule has 1 aromatic rings. The van der Waals surface area contributed by atoms with Gasteiger partial charge in [-0.3, -0.25) is 0 Å². The van der Waals surface area contributed by atoms with Crippen LogP contribution < -0.4 is 9.46 Å². The number of nitrogens with one attached hydrogen (secondary N) is 1. The van der Waals surface area contributed by atoms with Gasteiger partial charge in [-0.05, 0) is 24.1 Å². The van der Waals surface area contributed by atoms with Gasteiger partial charge < -0.3 is 4.74 Å². The molecule has 0 saturated heterocycles. The van der Waals surface area contributed by atoms with Crippen molar-refractivity contribution in [3.63, 3.8) is 0 Å². The van der Waals surface area contributed by atoms with Gasteiger partial charge in [0, 0.05) is 12.8 Å². The maximum Gasteiger partial charge on any atom is 0.211 e. The Bertz CT molecular complexity index is 638. The zero-order chi connectivity index (χ0) is 15.2. The second-order valence-corrected chi connectivity index (χ2v) is 8.63. The summed E-state index contributed by atoms with van der Waals surface area (Å²) in [6.07, 6.45) is 1.41. The predicted molar refractivity (Wildman–Crippen MR) is 78.2 cm³/mol. The first-order valence-electron chi connectivity index (χ1n) is 6.00. The van der Waals surface area contributed by atoms with E-state index in [0.717, 1.165) is 11.8 Å². The fraction of sp³-hybridized carbons (Fsp3) is 0.500. The Morgan fingerprint density at radius 2 is 1.85 bits per heavy atom. The van der Waals surface area contributed by atoms with Crippen LogP contribution in [0.4, 0.5) is 0 Å². The van der Waals surface area contributed by atoms with Crippen LogP contribution in [0.15, 0.2) is 24.3 Å². The standard InChI is InChI=1S/C12H19NO5S2/c1-18-12-5-3-4-11(10-12)6-8-20(16,17)13-7-9-19(2,14)15/h3-5,10,13H,6-9H2,1-2H3. The van der Waals surface area contributed by atoms with E-state index in [1.807, 2.05) is 6.07 Å². The lowest BCUT2D eigenvalue weighted by atomic mass is 10.2. The van der Waals surface area contributed by atoms with Gasteiger partial charge in [-0.1, -0.05) is 12.1 Å². The van der Waals surface area contributed by atoms with Crippen LogP contribution in [0.1, 0.15) is 5.56 Å². The molecule has 1 N–H and O–H groups in total. The minimum Gasteiger partial charge on any atom is -0.497 e. The van der Waals surface area contributed by atoms with Gasteiger partial charge in [-0.15, -0.1) is 0 Å². The van der Waals surface area contributed by atoms with Crippen LogP contribution in [0, 0.1) is 0 Å². The van der Waals surface area contributed by atoms with Crippen molar-refractivity contribution in [1.82, 2.24) is 4.72 Å². The maximum absolute atomic E-state index is 11.7. The first-order chi connectivity index (χ1) is 9.22. The quantitative estimate of drug-likeness (QED) is 0.739. The van der Waals surface area contributed by atoms with E-state index in [-0.39, 0.29) is 18.1 Å². The fourth-order valence-corrected chi connectivity index (χ4v) is 3.20. The third-order valence-electron chi connectivity index (χ3n) is 2.59. The Morgan fingerprint density at radius 1 is 1.15 bits per heavy atom. The van der Waals surface area contributed by atoms with Crippen molar-refractivity contribution in [2.45, 2.75) is 6.42 Å². The molecule has 0 unspecified atom stereocenters. The van der Waals surface area contributed by atoms with E-state index in [2.05, 4.69) is 4.72 Å². The highest BCUT2D eigenvalue weighted by Gasteiger charge is 2.12. The number of aryl methyl sites for hydroxylation is 1.